The second-order valence-electron chi connectivity index (χ2n) is 6.41. The number of pyridine rings is 1. The number of nitrogens with zero attached hydrogens (tertiary/aromatic N) is 2. The number of carbonyl (C=O) groups excluding carboxylic acids is 1. The summed E-state index contributed by atoms with van der Waals surface area (Å²) in [6.45, 7) is 1.52. The number of aromatic nitrogens is 1. The van der Waals surface area contributed by atoms with E-state index in [-0.39, 0.29) is 6.03 Å². The lowest BCUT2D eigenvalue weighted by Crippen LogP contribution is -2.47. The summed E-state index contributed by atoms with van der Waals surface area (Å²) in [4.78, 5) is 18.8. The molecule has 0 spiro atoms. The molecule has 0 aliphatic heterocycles. The van der Waals surface area contributed by atoms with Crippen LogP contribution < -0.4 is 5.32 Å². The van der Waals surface area contributed by atoms with Gasteiger partial charge in [-0.25, -0.2) is 4.79 Å². The van der Waals surface area contributed by atoms with Crippen molar-refractivity contribution < 1.29 is 4.79 Å². The molecule has 0 atom stereocenters. The number of urea groups is 1. The highest BCUT2D eigenvalue weighted by atomic mass is 16.2. The van der Waals surface area contributed by atoms with Gasteiger partial charge in [-0.2, -0.15) is 0 Å². The Balaban J connectivity index is 1.57. The molecule has 2 saturated carbocycles. The minimum Gasteiger partial charge on any atom is -0.334 e. The van der Waals surface area contributed by atoms with E-state index in [1.54, 1.807) is 6.20 Å². The molecule has 0 aromatic carbocycles. The lowest BCUT2D eigenvalue weighted by molar-refractivity contribution is 0.151. The van der Waals surface area contributed by atoms with Crippen LogP contribution in [-0.2, 0) is 6.54 Å². The van der Waals surface area contributed by atoms with Crippen LogP contribution in [-0.4, -0.2) is 28.5 Å². The highest BCUT2D eigenvalue weighted by molar-refractivity contribution is 5.74. The first-order valence-electron chi connectivity index (χ1n) is 8.26. The molecule has 0 saturated heterocycles. The van der Waals surface area contributed by atoms with Crippen molar-refractivity contribution in [2.24, 2.45) is 5.92 Å². The quantitative estimate of drug-likeness (QED) is 0.902. The van der Waals surface area contributed by atoms with Gasteiger partial charge in [0.05, 0.1) is 0 Å². The smallest absolute Gasteiger partial charge is 0.317 e. The Morgan fingerprint density at radius 1 is 1.24 bits per heavy atom. The highest BCUT2D eigenvalue weighted by Gasteiger charge is 2.31. The molecule has 4 heteroatoms. The zero-order valence-corrected chi connectivity index (χ0v) is 12.6. The number of rotatable bonds is 5. The fraction of sp³-hybridized carbons (Fsp3) is 0.647. The molecule has 1 N–H and O–H groups in total. The van der Waals surface area contributed by atoms with Crippen molar-refractivity contribution in [2.75, 3.05) is 6.54 Å². The average molecular weight is 287 g/mol. The summed E-state index contributed by atoms with van der Waals surface area (Å²) in [5.41, 5.74) is 1.06. The van der Waals surface area contributed by atoms with Gasteiger partial charge in [0.25, 0.3) is 0 Å². The maximum atomic E-state index is 12.6. The van der Waals surface area contributed by atoms with Crippen molar-refractivity contribution in [3.63, 3.8) is 0 Å². The van der Waals surface area contributed by atoms with Crippen LogP contribution in [0, 0.1) is 5.92 Å². The fourth-order valence-electron chi connectivity index (χ4n) is 3.15. The van der Waals surface area contributed by atoms with Gasteiger partial charge in [-0.15, -0.1) is 0 Å². The van der Waals surface area contributed by atoms with Gasteiger partial charge in [0.15, 0.2) is 0 Å². The molecule has 2 aliphatic carbocycles. The van der Waals surface area contributed by atoms with Crippen molar-refractivity contribution in [3.8, 4) is 0 Å². The minimum atomic E-state index is 0.109. The van der Waals surface area contributed by atoms with Gasteiger partial charge >= 0.3 is 6.03 Å². The van der Waals surface area contributed by atoms with Gasteiger partial charge < -0.3 is 10.2 Å². The third-order valence-electron chi connectivity index (χ3n) is 4.59. The molecule has 21 heavy (non-hydrogen) atoms. The monoisotopic (exact) mass is 287 g/mol. The third-order valence-corrected chi connectivity index (χ3v) is 4.59. The van der Waals surface area contributed by atoms with Gasteiger partial charge in [-0.1, -0.05) is 25.3 Å². The van der Waals surface area contributed by atoms with Gasteiger partial charge in [-0.05, 0) is 43.2 Å². The third kappa shape index (κ3) is 4.19. The normalized spacial score (nSPS) is 19.2. The van der Waals surface area contributed by atoms with E-state index in [4.69, 9.17) is 0 Å². The Kier molecular flexibility index (Phi) is 4.73. The summed E-state index contributed by atoms with van der Waals surface area (Å²) in [5, 5.41) is 3.08. The lowest BCUT2D eigenvalue weighted by atomic mass is 9.94. The molecule has 2 fully saturated rings. The molecule has 4 nitrogen and oxygen atoms in total. The summed E-state index contributed by atoms with van der Waals surface area (Å²) in [6.07, 6.45) is 12.4. The Morgan fingerprint density at radius 3 is 2.71 bits per heavy atom. The molecule has 2 aliphatic rings. The van der Waals surface area contributed by atoms with E-state index in [2.05, 4.69) is 15.2 Å². The molecular formula is C17H25N3O. The van der Waals surface area contributed by atoms with Crippen LogP contribution in [0.1, 0.15) is 50.5 Å². The largest absolute Gasteiger partial charge is 0.334 e. The summed E-state index contributed by atoms with van der Waals surface area (Å²) >= 11 is 0. The predicted octanol–water partition coefficient (Wildman–Crippen LogP) is 3.34. The van der Waals surface area contributed by atoms with Crippen LogP contribution in [0.4, 0.5) is 4.79 Å². The van der Waals surface area contributed by atoms with Crippen LogP contribution in [0.5, 0.6) is 0 Å². The van der Waals surface area contributed by atoms with Gasteiger partial charge in [0, 0.05) is 31.5 Å². The summed E-state index contributed by atoms with van der Waals surface area (Å²) in [6, 6.07) is 4.47. The first-order valence-corrected chi connectivity index (χ1v) is 8.26. The van der Waals surface area contributed by atoms with E-state index >= 15 is 0 Å². The molecule has 3 rings (SSSR count). The van der Waals surface area contributed by atoms with Crippen molar-refractivity contribution in [3.05, 3.63) is 30.1 Å². The van der Waals surface area contributed by atoms with Crippen LogP contribution >= 0.6 is 0 Å². The topological polar surface area (TPSA) is 45.2 Å². The van der Waals surface area contributed by atoms with Crippen LogP contribution in [0.15, 0.2) is 24.5 Å². The molecule has 114 valence electrons. The molecule has 1 aromatic heterocycles. The summed E-state index contributed by atoms with van der Waals surface area (Å²) in [5.74, 6) is 0.746. The minimum absolute atomic E-state index is 0.109. The predicted molar refractivity (Wildman–Crippen MR) is 82.8 cm³/mol. The van der Waals surface area contributed by atoms with Crippen LogP contribution in [0.25, 0.3) is 0 Å². The van der Waals surface area contributed by atoms with E-state index in [1.165, 1.54) is 44.9 Å². The van der Waals surface area contributed by atoms with Crippen molar-refractivity contribution in [1.82, 2.24) is 15.2 Å². The number of carbonyl (C=O) groups is 1. The Labute approximate surface area is 126 Å². The van der Waals surface area contributed by atoms with E-state index in [0.717, 1.165) is 18.0 Å². The number of hydrogen-bond acceptors (Lipinski definition) is 2. The maximum absolute atomic E-state index is 12.6. The van der Waals surface area contributed by atoms with E-state index in [0.29, 0.717) is 12.6 Å². The molecular weight excluding hydrogens is 262 g/mol. The Bertz CT molecular complexity index is 452. The molecule has 0 bridgehead atoms. The first-order chi connectivity index (χ1) is 10.3. The molecule has 1 aromatic rings. The maximum Gasteiger partial charge on any atom is 0.317 e. The van der Waals surface area contributed by atoms with E-state index in [9.17, 15) is 4.79 Å². The first kappa shape index (κ1) is 14.4. The average Bonchev–Trinajstić information content (AvgIpc) is 3.36. The summed E-state index contributed by atoms with van der Waals surface area (Å²) < 4.78 is 0. The van der Waals surface area contributed by atoms with Gasteiger partial charge in [-0.3, -0.25) is 4.98 Å². The van der Waals surface area contributed by atoms with Crippen molar-refractivity contribution >= 4 is 6.03 Å². The highest BCUT2D eigenvalue weighted by Crippen LogP contribution is 2.32. The van der Waals surface area contributed by atoms with Crippen LogP contribution in [0.3, 0.4) is 0 Å². The lowest BCUT2D eigenvalue weighted by Gasteiger charge is -2.34. The Hall–Kier alpha value is -1.58. The van der Waals surface area contributed by atoms with Crippen molar-refractivity contribution in [2.45, 2.75) is 57.5 Å². The Morgan fingerprint density at radius 2 is 2.05 bits per heavy atom. The SMILES string of the molecule is O=C(NCc1cccnc1)N(CC1CC1)C1CCCCC1. The van der Waals surface area contributed by atoms with Crippen molar-refractivity contribution in [1.29, 1.82) is 0 Å². The molecule has 0 radical (unpaired) electrons. The van der Waals surface area contributed by atoms with E-state index < -0.39 is 0 Å². The molecule has 2 amide bonds. The van der Waals surface area contributed by atoms with Crippen LogP contribution in [0.2, 0.25) is 0 Å². The number of nitrogens with one attached hydrogen (secondary N) is 1. The molecule has 1 heterocycles. The fourth-order valence-corrected chi connectivity index (χ4v) is 3.15. The second kappa shape index (κ2) is 6.92. The van der Waals surface area contributed by atoms with Gasteiger partial charge in [0.1, 0.15) is 0 Å². The van der Waals surface area contributed by atoms with Gasteiger partial charge in [0.2, 0.25) is 0 Å². The second-order valence-corrected chi connectivity index (χ2v) is 6.41. The molecule has 0 unspecified atom stereocenters. The number of amides is 2. The van der Waals surface area contributed by atoms with E-state index in [1.807, 2.05) is 18.3 Å². The summed E-state index contributed by atoms with van der Waals surface area (Å²) in [7, 11) is 0. The standard InChI is InChI=1S/C17H25N3O/c21-17(19-12-15-5-4-10-18-11-15)20(13-14-8-9-14)16-6-2-1-3-7-16/h4-5,10-11,14,16H,1-3,6-9,12-13H2,(H,19,21). The zero-order valence-electron chi connectivity index (χ0n) is 12.6. The zero-order chi connectivity index (χ0) is 14.5. The number of hydrogen-bond donors (Lipinski definition) is 1.